The number of carbonyl (C=O) groups excluding carboxylic acids is 2. The van der Waals surface area contributed by atoms with Crippen LogP contribution in [0.15, 0.2) is 23.5 Å². The second kappa shape index (κ2) is 17.6. The minimum Gasteiger partial charge on any atom is -0.550 e. The molecule has 2 aliphatic rings. The van der Waals surface area contributed by atoms with Crippen LogP contribution in [0.25, 0.3) is 0 Å². The minimum atomic E-state index is -0.943. The molecule has 0 aromatic heterocycles. The first-order chi connectivity index (χ1) is 16.3. The zero-order chi connectivity index (χ0) is 24.8. The average molecular weight is 503 g/mol. The number of hydrogen-bond donors (Lipinski definition) is 1. The maximum absolute atomic E-state index is 11.9. The van der Waals surface area contributed by atoms with E-state index < -0.39 is 23.8 Å². The molecule has 2 rings (SSSR count). The number of esters is 1. The summed E-state index contributed by atoms with van der Waals surface area (Å²) in [5.41, 5.74) is 0.652. The van der Waals surface area contributed by atoms with Crippen molar-refractivity contribution >= 4 is 11.9 Å². The van der Waals surface area contributed by atoms with Gasteiger partial charge in [0.2, 0.25) is 5.76 Å². The van der Waals surface area contributed by atoms with E-state index in [0.29, 0.717) is 18.6 Å². The number of carboxylic acids is 1. The molecule has 35 heavy (non-hydrogen) atoms. The fourth-order valence-corrected chi connectivity index (χ4v) is 4.52. The summed E-state index contributed by atoms with van der Waals surface area (Å²) in [6.45, 7) is 4.01. The Morgan fingerprint density at radius 3 is 2.06 bits per heavy atom. The van der Waals surface area contributed by atoms with E-state index in [-0.39, 0.29) is 47.8 Å². The van der Waals surface area contributed by atoms with Crippen molar-refractivity contribution in [3.8, 4) is 0 Å². The van der Waals surface area contributed by atoms with Crippen molar-refractivity contribution in [2.24, 2.45) is 0 Å². The summed E-state index contributed by atoms with van der Waals surface area (Å²) in [5, 5.41) is 20.5. The summed E-state index contributed by atoms with van der Waals surface area (Å²) in [5.74, 6) is -2.55. The van der Waals surface area contributed by atoms with Crippen LogP contribution in [0.1, 0.15) is 110 Å². The number of carbonyl (C=O) groups is 2. The standard InChI is InChI=1S/C27H44O7.Na/c1-27(2)32-20-22(34-27)25-21(24(30)26(31)33-25)18-16-14-12-10-8-6-4-3-5-7-9-11-13-15-17-19-23(28)29;/h3,5,22,25,30H,4,6-20H2,1-2H3,(H,28,29);/q;+1/p-1/b5-3-;. The molecular formula is C27H43NaO7. The largest absolute Gasteiger partial charge is 1.00 e. The van der Waals surface area contributed by atoms with Crippen molar-refractivity contribution in [3.63, 3.8) is 0 Å². The van der Waals surface area contributed by atoms with Gasteiger partial charge in [-0.2, -0.15) is 0 Å². The van der Waals surface area contributed by atoms with Crippen molar-refractivity contribution in [3.05, 3.63) is 23.5 Å². The number of carboxylic acid groups (broad SMARTS) is 1. The molecule has 0 aromatic carbocycles. The fraction of sp³-hybridized carbons (Fsp3) is 0.778. The van der Waals surface area contributed by atoms with Crippen molar-refractivity contribution in [1.82, 2.24) is 0 Å². The Hall–Kier alpha value is -0.860. The summed E-state index contributed by atoms with van der Waals surface area (Å²) >= 11 is 0. The van der Waals surface area contributed by atoms with Gasteiger partial charge in [-0.15, -0.1) is 0 Å². The average Bonchev–Trinajstić information content (AvgIpc) is 3.28. The minimum absolute atomic E-state index is 0. The number of hydrogen-bond acceptors (Lipinski definition) is 7. The number of ether oxygens (including phenoxy) is 3. The number of cyclic esters (lactones) is 1. The topological polar surface area (TPSA) is 105 Å². The predicted octanol–water partition coefficient (Wildman–Crippen LogP) is 2.04. The summed E-state index contributed by atoms with van der Waals surface area (Å²) in [6, 6.07) is 0. The molecule has 0 radical (unpaired) electrons. The molecule has 0 aliphatic carbocycles. The molecule has 1 N–H and O–H groups in total. The van der Waals surface area contributed by atoms with Crippen LogP contribution in [0.4, 0.5) is 0 Å². The van der Waals surface area contributed by atoms with Crippen LogP contribution in [0.2, 0.25) is 0 Å². The van der Waals surface area contributed by atoms with Crippen LogP contribution < -0.4 is 34.7 Å². The van der Waals surface area contributed by atoms with Crippen LogP contribution >= 0.6 is 0 Å². The Balaban J connectivity index is 0.00000612. The predicted molar refractivity (Wildman–Crippen MR) is 128 cm³/mol. The van der Waals surface area contributed by atoms with Gasteiger partial charge in [0, 0.05) is 11.5 Å². The molecular weight excluding hydrogens is 459 g/mol. The molecule has 1 fully saturated rings. The number of aliphatic hydroxyl groups is 1. The van der Waals surface area contributed by atoms with Crippen LogP contribution in [-0.4, -0.2) is 41.6 Å². The molecule has 0 amide bonds. The second-order valence-corrected chi connectivity index (χ2v) is 9.88. The van der Waals surface area contributed by atoms with Gasteiger partial charge >= 0.3 is 35.5 Å². The molecule has 8 heteroatoms. The van der Waals surface area contributed by atoms with E-state index in [0.717, 1.165) is 57.8 Å². The molecule has 0 aromatic rings. The first-order valence-corrected chi connectivity index (χ1v) is 13.1. The van der Waals surface area contributed by atoms with Gasteiger partial charge in [0.15, 0.2) is 11.9 Å². The molecule has 2 unspecified atom stereocenters. The Morgan fingerprint density at radius 2 is 1.51 bits per heavy atom. The van der Waals surface area contributed by atoms with Crippen molar-refractivity contribution in [2.45, 2.75) is 128 Å². The van der Waals surface area contributed by atoms with Gasteiger partial charge < -0.3 is 29.2 Å². The van der Waals surface area contributed by atoms with Crippen molar-refractivity contribution < 1.29 is 63.6 Å². The first-order valence-electron chi connectivity index (χ1n) is 13.1. The maximum Gasteiger partial charge on any atom is 1.00 e. The van der Waals surface area contributed by atoms with Gasteiger partial charge in [0.05, 0.1) is 6.61 Å². The number of allylic oxidation sites excluding steroid dienone is 2. The SMILES string of the molecule is CC1(C)OCC(C2OC(=O)C(O)=C2CCCCCCCC/C=C\CCCCCCCC(=O)[O-])O1.[Na+]. The Kier molecular flexibility index (Phi) is 16.1. The Labute approximate surface area is 233 Å². The summed E-state index contributed by atoms with van der Waals surface area (Å²) < 4.78 is 16.8. The summed E-state index contributed by atoms with van der Waals surface area (Å²) in [6.07, 6.45) is 18.5. The molecule has 1 saturated heterocycles. The zero-order valence-electron chi connectivity index (χ0n) is 22.0. The summed E-state index contributed by atoms with van der Waals surface area (Å²) in [4.78, 5) is 22.2. The Bertz CT molecular complexity index is 702. The molecule has 2 atom stereocenters. The van der Waals surface area contributed by atoms with E-state index in [1.165, 1.54) is 25.7 Å². The van der Waals surface area contributed by atoms with Gasteiger partial charge in [0.1, 0.15) is 6.10 Å². The molecule has 194 valence electrons. The molecule has 2 aliphatic heterocycles. The third kappa shape index (κ3) is 12.8. The van der Waals surface area contributed by atoms with Crippen LogP contribution in [0, 0.1) is 0 Å². The van der Waals surface area contributed by atoms with Gasteiger partial charge in [0.25, 0.3) is 0 Å². The smallest absolute Gasteiger partial charge is 0.550 e. The number of aliphatic hydroxyl groups excluding tert-OH is 1. The molecule has 7 nitrogen and oxygen atoms in total. The zero-order valence-corrected chi connectivity index (χ0v) is 24.0. The second-order valence-electron chi connectivity index (χ2n) is 9.88. The van der Waals surface area contributed by atoms with E-state index in [2.05, 4.69) is 12.2 Å². The summed E-state index contributed by atoms with van der Waals surface area (Å²) in [7, 11) is 0. The van der Waals surface area contributed by atoms with E-state index >= 15 is 0 Å². The molecule has 2 heterocycles. The van der Waals surface area contributed by atoms with Gasteiger partial charge in [-0.25, -0.2) is 4.79 Å². The molecule has 0 bridgehead atoms. The van der Waals surface area contributed by atoms with Crippen LogP contribution in [-0.2, 0) is 23.8 Å². The number of unbranched alkanes of at least 4 members (excludes halogenated alkanes) is 11. The normalized spacial score (nSPS) is 21.5. The van der Waals surface area contributed by atoms with E-state index in [1.54, 1.807) is 0 Å². The van der Waals surface area contributed by atoms with Gasteiger partial charge in [-0.1, -0.05) is 57.1 Å². The number of aliphatic carboxylic acids is 1. The van der Waals surface area contributed by atoms with Crippen LogP contribution in [0.3, 0.4) is 0 Å². The van der Waals surface area contributed by atoms with E-state index in [9.17, 15) is 19.8 Å². The van der Waals surface area contributed by atoms with E-state index in [4.69, 9.17) is 14.2 Å². The first kappa shape index (κ1) is 32.2. The van der Waals surface area contributed by atoms with E-state index in [1.807, 2.05) is 13.8 Å². The van der Waals surface area contributed by atoms with Crippen LogP contribution in [0.5, 0.6) is 0 Å². The van der Waals surface area contributed by atoms with Gasteiger partial charge in [-0.3, -0.25) is 0 Å². The van der Waals surface area contributed by atoms with Crippen molar-refractivity contribution in [1.29, 1.82) is 0 Å². The monoisotopic (exact) mass is 502 g/mol. The number of rotatable bonds is 18. The quantitative estimate of drug-likeness (QED) is 0.132. The van der Waals surface area contributed by atoms with Gasteiger partial charge in [-0.05, 0) is 65.2 Å². The molecule has 0 spiro atoms. The van der Waals surface area contributed by atoms with Crippen molar-refractivity contribution in [2.75, 3.05) is 6.61 Å². The third-order valence-electron chi connectivity index (χ3n) is 6.43. The molecule has 0 saturated carbocycles. The third-order valence-corrected chi connectivity index (χ3v) is 6.43. The fourth-order valence-electron chi connectivity index (χ4n) is 4.52. The maximum atomic E-state index is 11.9. The Morgan fingerprint density at radius 1 is 0.971 bits per heavy atom.